The summed E-state index contributed by atoms with van der Waals surface area (Å²) in [5.74, 6) is 0.149. The number of carbonyl (C=O) groups is 1. The van der Waals surface area contributed by atoms with Crippen LogP contribution in [0.25, 0.3) is 0 Å². The van der Waals surface area contributed by atoms with Crippen molar-refractivity contribution in [2.75, 3.05) is 7.11 Å². The normalized spacial score (nSPS) is 17.1. The van der Waals surface area contributed by atoms with E-state index >= 15 is 0 Å². The van der Waals surface area contributed by atoms with Gasteiger partial charge in [0.05, 0.1) is 12.5 Å². The average Bonchev–Trinajstić information content (AvgIpc) is 2.24. The van der Waals surface area contributed by atoms with Gasteiger partial charge >= 0.3 is 5.97 Å². The lowest BCUT2D eigenvalue weighted by Crippen LogP contribution is -2.40. The maximum atomic E-state index is 11.4. The van der Waals surface area contributed by atoms with Crippen molar-refractivity contribution in [3.05, 3.63) is 28.8 Å². The van der Waals surface area contributed by atoms with Crippen LogP contribution in [0.15, 0.2) is 12.1 Å². The molecule has 0 spiro atoms. The number of hydrogen-bond acceptors (Lipinski definition) is 2. The van der Waals surface area contributed by atoms with Gasteiger partial charge in [-0.15, -0.1) is 0 Å². The van der Waals surface area contributed by atoms with Crippen molar-refractivity contribution in [1.29, 1.82) is 0 Å². The highest BCUT2D eigenvalue weighted by Gasteiger charge is 2.45. The van der Waals surface area contributed by atoms with Crippen LogP contribution in [0.4, 0.5) is 0 Å². The predicted molar refractivity (Wildman–Crippen MR) is 70.1 cm³/mol. The maximum absolute atomic E-state index is 11.4. The molecule has 1 aromatic carbocycles. The monoisotopic (exact) mass is 248 g/mol. The second-order valence-corrected chi connectivity index (χ2v) is 5.38. The topological polar surface area (TPSA) is 46.5 Å². The summed E-state index contributed by atoms with van der Waals surface area (Å²) in [7, 11) is 1.64. The highest BCUT2D eigenvalue weighted by atomic mass is 16.5. The van der Waals surface area contributed by atoms with Gasteiger partial charge in [-0.05, 0) is 55.9 Å². The van der Waals surface area contributed by atoms with E-state index in [9.17, 15) is 9.90 Å². The van der Waals surface area contributed by atoms with Crippen LogP contribution in [-0.2, 0) is 11.2 Å². The molecule has 0 atom stereocenters. The van der Waals surface area contributed by atoms with Crippen LogP contribution in [0.5, 0.6) is 5.75 Å². The summed E-state index contributed by atoms with van der Waals surface area (Å²) in [6.07, 6.45) is 3.15. The Hall–Kier alpha value is -1.51. The third kappa shape index (κ3) is 2.09. The second kappa shape index (κ2) is 4.63. The van der Waals surface area contributed by atoms with Gasteiger partial charge < -0.3 is 9.84 Å². The van der Waals surface area contributed by atoms with E-state index in [1.54, 1.807) is 7.11 Å². The fourth-order valence-corrected chi connectivity index (χ4v) is 2.78. The molecule has 0 radical (unpaired) electrons. The third-order valence-corrected chi connectivity index (χ3v) is 4.08. The summed E-state index contributed by atoms with van der Waals surface area (Å²) in [6.45, 7) is 4.05. The van der Waals surface area contributed by atoms with Gasteiger partial charge in [-0.3, -0.25) is 4.79 Å². The largest absolute Gasteiger partial charge is 0.496 e. The van der Waals surface area contributed by atoms with Crippen molar-refractivity contribution in [2.24, 2.45) is 5.41 Å². The quantitative estimate of drug-likeness (QED) is 0.890. The maximum Gasteiger partial charge on any atom is 0.309 e. The number of carboxylic acid groups (broad SMARTS) is 1. The number of carboxylic acids is 1. The molecule has 1 aliphatic carbocycles. The number of aliphatic carboxylic acids is 1. The first kappa shape index (κ1) is 12.9. The first-order valence-corrected chi connectivity index (χ1v) is 6.36. The molecule has 0 aromatic heterocycles. The van der Waals surface area contributed by atoms with Gasteiger partial charge in [0.2, 0.25) is 0 Å². The molecule has 0 aliphatic heterocycles. The Kier molecular flexibility index (Phi) is 3.33. The van der Waals surface area contributed by atoms with Crippen molar-refractivity contribution < 1.29 is 14.6 Å². The summed E-state index contributed by atoms with van der Waals surface area (Å²) in [5, 5.41) is 9.41. The van der Waals surface area contributed by atoms with E-state index in [4.69, 9.17) is 4.74 Å². The van der Waals surface area contributed by atoms with Crippen LogP contribution in [-0.4, -0.2) is 18.2 Å². The molecule has 0 bridgehead atoms. The van der Waals surface area contributed by atoms with E-state index in [2.05, 4.69) is 6.07 Å². The summed E-state index contributed by atoms with van der Waals surface area (Å²) < 4.78 is 5.41. The van der Waals surface area contributed by atoms with Crippen LogP contribution < -0.4 is 4.74 Å². The minimum atomic E-state index is -0.671. The van der Waals surface area contributed by atoms with Crippen LogP contribution in [0.2, 0.25) is 0 Å². The molecule has 1 aliphatic rings. The van der Waals surface area contributed by atoms with Gasteiger partial charge in [-0.25, -0.2) is 0 Å². The van der Waals surface area contributed by atoms with Crippen molar-refractivity contribution in [3.8, 4) is 5.75 Å². The molecule has 0 saturated heterocycles. The van der Waals surface area contributed by atoms with Gasteiger partial charge in [-0.2, -0.15) is 0 Å². The van der Waals surface area contributed by atoms with Gasteiger partial charge in [0.25, 0.3) is 0 Å². The van der Waals surface area contributed by atoms with E-state index in [1.165, 1.54) is 0 Å². The summed E-state index contributed by atoms with van der Waals surface area (Å²) in [4.78, 5) is 11.4. The van der Waals surface area contributed by atoms with Crippen molar-refractivity contribution in [3.63, 3.8) is 0 Å². The first-order valence-electron chi connectivity index (χ1n) is 6.36. The molecule has 3 nitrogen and oxygen atoms in total. The zero-order chi connectivity index (χ0) is 13.3. The molecule has 0 unspecified atom stereocenters. The van der Waals surface area contributed by atoms with Gasteiger partial charge in [0.15, 0.2) is 0 Å². The van der Waals surface area contributed by atoms with Crippen LogP contribution in [0.3, 0.4) is 0 Å². The Balaban J connectivity index is 2.36. The van der Waals surface area contributed by atoms with E-state index in [1.807, 2.05) is 19.9 Å². The number of ether oxygens (including phenoxy) is 1. The SMILES string of the molecule is COc1cc(C)cc(C)c1CC1(C(=O)O)CCC1. The number of hydrogen-bond donors (Lipinski definition) is 1. The van der Waals surface area contributed by atoms with Crippen LogP contribution >= 0.6 is 0 Å². The number of rotatable bonds is 4. The summed E-state index contributed by atoms with van der Waals surface area (Å²) in [6, 6.07) is 4.07. The molecular weight excluding hydrogens is 228 g/mol. The molecule has 2 rings (SSSR count). The van der Waals surface area contributed by atoms with Crippen molar-refractivity contribution in [2.45, 2.75) is 39.5 Å². The summed E-state index contributed by atoms with van der Waals surface area (Å²) in [5.41, 5.74) is 2.75. The minimum Gasteiger partial charge on any atom is -0.496 e. The zero-order valence-electron chi connectivity index (χ0n) is 11.2. The van der Waals surface area contributed by atoms with Gasteiger partial charge in [-0.1, -0.05) is 12.5 Å². The lowest BCUT2D eigenvalue weighted by Gasteiger charge is -2.38. The Morgan fingerprint density at radius 3 is 2.50 bits per heavy atom. The molecule has 98 valence electrons. The fraction of sp³-hybridized carbons (Fsp3) is 0.533. The van der Waals surface area contributed by atoms with E-state index < -0.39 is 11.4 Å². The predicted octanol–water partition coefficient (Wildman–Crippen LogP) is 3.11. The Labute approximate surface area is 108 Å². The number of methoxy groups -OCH3 is 1. The Bertz CT molecular complexity index is 473. The highest BCUT2D eigenvalue weighted by molar-refractivity contribution is 5.76. The molecule has 0 amide bonds. The molecule has 1 aromatic rings. The first-order chi connectivity index (χ1) is 8.48. The van der Waals surface area contributed by atoms with Crippen molar-refractivity contribution in [1.82, 2.24) is 0 Å². The smallest absolute Gasteiger partial charge is 0.309 e. The van der Waals surface area contributed by atoms with E-state index in [0.717, 1.165) is 41.7 Å². The number of benzene rings is 1. The van der Waals surface area contributed by atoms with E-state index in [-0.39, 0.29) is 0 Å². The lowest BCUT2D eigenvalue weighted by molar-refractivity contribution is -0.154. The molecule has 3 heteroatoms. The lowest BCUT2D eigenvalue weighted by atomic mass is 9.65. The van der Waals surface area contributed by atoms with E-state index in [0.29, 0.717) is 6.42 Å². The molecule has 1 N–H and O–H groups in total. The average molecular weight is 248 g/mol. The van der Waals surface area contributed by atoms with Crippen molar-refractivity contribution >= 4 is 5.97 Å². The molecule has 1 saturated carbocycles. The molecule has 1 fully saturated rings. The summed E-state index contributed by atoms with van der Waals surface area (Å²) >= 11 is 0. The number of aryl methyl sites for hydroxylation is 2. The van der Waals surface area contributed by atoms with Crippen LogP contribution in [0.1, 0.15) is 36.0 Å². The molecular formula is C15H20O3. The molecule has 0 heterocycles. The highest BCUT2D eigenvalue weighted by Crippen LogP contribution is 2.45. The Morgan fingerprint density at radius 1 is 1.39 bits per heavy atom. The molecule has 18 heavy (non-hydrogen) atoms. The zero-order valence-corrected chi connectivity index (χ0v) is 11.2. The third-order valence-electron chi connectivity index (χ3n) is 4.08. The fourth-order valence-electron chi connectivity index (χ4n) is 2.78. The van der Waals surface area contributed by atoms with Gasteiger partial charge in [0, 0.05) is 0 Å². The standard InChI is InChI=1S/C15H20O3/c1-10-7-11(2)12(13(8-10)18-3)9-15(14(16)17)5-4-6-15/h7-8H,4-6,9H2,1-3H3,(H,16,17). The van der Waals surface area contributed by atoms with Crippen LogP contribution in [0, 0.1) is 19.3 Å². The van der Waals surface area contributed by atoms with Gasteiger partial charge in [0.1, 0.15) is 5.75 Å². The Morgan fingerprint density at radius 2 is 2.06 bits per heavy atom. The minimum absolute atomic E-state index is 0.562. The second-order valence-electron chi connectivity index (χ2n) is 5.38.